The molecule has 148 valence electrons. The zero-order chi connectivity index (χ0) is 20.5. The highest BCUT2D eigenvalue weighted by Gasteiger charge is 2.18. The molecule has 0 radical (unpaired) electrons. The van der Waals surface area contributed by atoms with Gasteiger partial charge in [0.15, 0.2) is 0 Å². The van der Waals surface area contributed by atoms with E-state index in [1.54, 1.807) is 18.4 Å². The maximum atomic E-state index is 12.9. The number of nitrogens with one attached hydrogen (secondary N) is 2. The molecule has 5 rings (SSSR count). The zero-order valence-electron chi connectivity index (χ0n) is 16.3. The fourth-order valence-electron chi connectivity index (χ4n) is 3.62. The Labute approximate surface area is 177 Å². The molecule has 0 aliphatic heterocycles. The van der Waals surface area contributed by atoms with Crippen LogP contribution in [-0.2, 0) is 6.54 Å². The number of thiophene rings is 1. The van der Waals surface area contributed by atoms with Crippen molar-refractivity contribution in [3.8, 4) is 17.0 Å². The number of aromatic nitrogens is 2. The molecule has 0 aliphatic carbocycles. The second kappa shape index (κ2) is 7.65. The minimum absolute atomic E-state index is 0.173. The molecule has 3 aromatic carbocycles. The van der Waals surface area contributed by atoms with Crippen LogP contribution < -0.4 is 10.1 Å². The molecule has 0 saturated heterocycles. The van der Waals surface area contributed by atoms with Crippen molar-refractivity contribution < 1.29 is 9.53 Å². The van der Waals surface area contributed by atoms with E-state index in [9.17, 15) is 4.79 Å². The zero-order valence-corrected chi connectivity index (χ0v) is 17.1. The summed E-state index contributed by atoms with van der Waals surface area (Å²) in [6, 6.07) is 22.1. The van der Waals surface area contributed by atoms with Gasteiger partial charge in [0.05, 0.1) is 30.4 Å². The van der Waals surface area contributed by atoms with Crippen molar-refractivity contribution in [1.29, 1.82) is 0 Å². The molecule has 5 nitrogen and oxygen atoms in total. The summed E-state index contributed by atoms with van der Waals surface area (Å²) in [6.45, 7) is 0.487. The highest BCUT2D eigenvalue weighted by atomic mass is 32.1. The van der Waals surface area contributed by atoms with E-state index in [0.717, 1.165) is 32.4 Å². The average molecular weight is 414 g/mol. The topological polar surface area (TPSA) is 67.0 Å². The first-order chi connectivity index (χ1) is 14.7. The number of carbonyl (C=O) groups excluding carboxylic acids is 1. The SMILES string of the molecule is COc1cc2[nH]nc(-c3ccc4ccccc4c3)c2cc1C(=O)NCc1cccs1. The van der Waals surface area contributed by atoms with Crippen LogP contribution >= 0.6 is 11.3 Å². The van der Waals surface area contributed by atoms with Crippen molar-refractivity contribution in [3.63, 3.8) is 0 Å². The first-order valence-electron chi connectivity index (χ1n) is 9.59. The third kappa shape index (κ3) is 3.31. The minimum Gasteiger partial charge on any atom is -0.496 e. The Morgan fingerprint density at radius 1 is 1.07 bits per heavy atom. The van der Waals surface area contributed by atoms with Crippen LogP contribution in [0.5, 0.6) is 5.75 Å². The van der Waals surface area contributed by atoms with Crippen LogP contribution in [0.15, 0.2) is 72.1 Å². The summed E-state index contributed by atoms with van der Waals surface area (Å²) in [5, 5.41) is 15.8. The van der Waals surface area contributed by atoms with Crippen LogP contribution in [0.25, 0.3) is 32.9 Å². The average Bonchev–Trinajstić information content (AvgIpc) is 3.45. The van der Waals surface area contributed by atoms with Crippen molar-refractivity contribution >= 4 is 38.9 Å². The van der Waals surface area contributed by atoms with Crippen LogP contribution in [0.1, 0.15) is 15.2 Å². The smallest absolute Gasteiger partial charge is 0.255 e. The molecule has 0 unspecified atom stereocenters. The van der Waals surface area contributed by atoms with Gasteiger partial charge in [-0.1, -0.05) is 42.5 Å². The Kier molecular flexibility index (Phi) is 4.69. The van der Waals surface area contributed by atoms with Crippen LogP contribution in [0.2, 0.25) is 0 Å². The summed E-state index contributed by atoms with van der Waals surface area (Å²) < 4.78 is 5.48. The molecule has 1 amide bonds. The van der Waals surface area contributed by atoms with Gasteiger partial charge < -0.3 is 10.1 Å². The van der Waals surface area contributed by atoms with Gasteiger partial charge in [-0.25, -0.2) is 0 Å². The first-order valence-corrected chi connectivity index (χ1v) is 10.5. The molecule has 0 aliphatic rings. The molecule has 5 aromatic rings. The van der Waals surface area contributed by atoms with Crippen LogP contribution in [0.3, 0.4) is 0 Å². The van der Waals surface area contributed by atoms with Gasteiger partial charge in [0, 0.05) is 21.9 Å². The molecule has 6 heteroatoms. The number of nitrogens with zero attached hydrogens (tertiary/aromatic N) is 1. The summed E-state index contributed by atoms with van der Waals surface area (Å²) in [6.07, 6.45) is 0. The van der Waals surface area contributed by atoms with Crippen LogP contribution in [-0.4, -0.2) is 23.2 Å². The highest BCUT2D eigenvalue weighted by Crippen LogP contribution is 2.33. The monoisotopic (exact) mass is 413 g/mol. The van der Waals surface area contributed by atoms with Gasteiger partial charge in [0.1, 0.15) is 5.75 Å². The number of methoxy groups -OCH3 is 1. The Morgan fingerprint density at radius 2 is 1.93 bits per heavy atom. The summed E-state index contributed by atoms with van der Waals surface area (Å²) >= 11 is 1.61. The Bertz CT molecular complexity index is 1360. The second-order valence-electron chi connectivity index (χ2n) is 6.99. The fraction of sp³-hybridized carbons (Fsp3) is 0.0833. The molecule has 0 atom stereocenters. The third-order valence-corrected chi connectivity index (χ3v) is 6.03. The molecular formula is C24H19N3O2S. The summed E-state index contributed by atoms with van der Waals surface area (Å²) in [4.78, 5) is 14.0. The normalized spacial score (nSPS) is 11.1. The van der Waals surface area contributed by atoms with Gasteiger partial charge in [-0.3, -0.25) is 9.89 Å². The lowest BCUT2D eigenvalue weighted by atomic mass is 10.0. The van der Waals surface area contributed by atoms with E-state index in [2.05, 4.69) is 45.8 Å². The number of benzene rings is 3. The Hall–Kier alpha value is -3.64. The summed E-state index contributed by atoms with van der Waals surface area (Å²) in [5.74, 6) is 0.340. The summed E-state index contributed by atoms with van der Waals surface area (Å²) in [7, 11) is 1.57. The molecule has 0 saturated carbocycles. The number of aromatic amines is 1. The lowest BCUT2D eigenvalue weighted by molar-refractivity contribution is 0.0948. The van der Waals surface area contributed by atoms with Gasteiger partial charge in [0.25, 0.3) is 5.91 Å². The molecule has 2 N–H and O–H groups in total. The molecular weight excluding hydrogens is 394 g/mol. The maximum absolute atomic E-state index is 12.9. The molecule has 2 heterocycles. The standard InChI is InChI=1S/C24H19N3O2S/c1-29-22-13-21-19(12-20(22)24(28)25-14-18-7-4-10-30-18)23(27-26-21)17-9-8-15-5-2-3-6-16(15)11-17/h2-13H,14H2,1H3,(H,25,28)(H,26,27). The number of amides is 1. The largest absolute Gasteiger partial charge is 0.496 e. The molecule has 30 heavy (non-hydrogen) atoms. The quantitative estimate of drug-likeness (QED) is 0.406. The summed E-state index contributed by atoms with van der Waals surface area (Å²) in [5.41, 5.74) is 3.12. The third-order valence-electron chi connectivity index (χ3n) is 5.15. The number of carbonyl (C=O) groups is 1. The predicted molar refractivity (Wildman–Crippen MR) is 121 cm³/mol. The number of H-pyrrole nitrogens is 1. The van der Waals surface area contributed by atoms with E-state index in [1.165, 1.54) is 5.39 Å². The fourth-order valence-corrected chi connectivity index (χ4v) is 4.27. The van der Waals surface area contributed by atoms with E-state index in [-0.39, 0.29) is 5.91 Å². The molecule has 0 bridgehead atoms. The first kappa shape index (κ1) is 18.4. The lowest BCUT2D eigenvalue weighted by Gasteiger charge is -2.10. The predicted octanol–water partition coefficient (Wildman–Crippen LogP) is 5.38. The molecule has 0 fully saturated rings. The van der Waals surface area contributed by atoms with Gasteiger partial charge in [-0.2, -0.15) is 5.10 Å². The van der Waals surface area contributed by atoms with Gasteiger partial charge in [-0.05, 0) is 34.4 Å². The van der Waals surface area contributed by atoms with Crippen molar-refractivity contribution in [2.75, 3.05) is 7.11 Å². The number of hydrogen-bond acceptors (Lipinski definition) is 4. The van der Waals surface area contributed by atoms with Crippen molar-refractivity contribution in [1.82, 2.24) is 15.5 Å². The molecule has 2 aromatic heterocycles. The van der Waals surface area contributed by atoms with Crippen molar-refractivity contribution in [3.05, 3.63) is 82.6 Å². The van der Waals surface area contributed by atoms with E-state index >= 15 is 0 Å². The van der Waals surface area contributed by atoms with Crippen LogP contribution in [0, 0.1) is 0 Å². The van der Waals surface area contributed by atoms with E-state index < -0.39 is 0 Å². The Balaban J connectivity index is 1.55. The lowest BCUT2D eigenvalue weighted by Crippen LogP contribution is -2.22. The number of ether oxygens (including phenoxy) is 1. The van der Waals surface area contributed by atoms with Gasteiger partial charge in [-0.15, -0.1) is 11.3 Å². The van der Waals surface area contributed by atoms with E-state index in [4.69, 9.17) is 4.74 Å². The minimum atomic E-state index is -0.173. The van der Waals surface area contributed by atoms with E-state index in [1.807, 2.05) is 41.8 Å². The van der Waals surface area contributed by atoms with E-state index in [0.29, 0.717) is 17.9 Å². The second-order valence-corrected chi connectivity index (χ2v) is 8.03. The van der Waals surface area contributed by atoms with Crippen molar-refractivity contribution in [2.24, 2.45) is 0 Å². The number of hydrogen-bond donors (Lipinski definition) is 2. The highest BCUT2D eigenvalue weighted by molar-refractivity contribution is 7.09. The number of fused-ring (bicyclic) bond motifs is 2. The maximum Gasteiger partial charge on any atom is 0.255 e. The van der Waals surface area contributed by atoms with Crippen LogP contribution in [0.4, 0.5) is 0 Å². The number of rotatable bonds is 5. The molecule has 0 spiro atoms. The van der Waals surface area contributed by atoms with Gasteiger partial charge in [0.2, 0.25) is 0 Å². The van der Waals surface area contributed by atoms with Gasteiger partial charge >= 0.3 is 0 Å². The Morgan fingerprint density at radius 3 is 2.73 bits per heavy atom. The van der Waals surface area contributed by atoms with Crippen molar-refractivity contribution in [2.45, 2.75) is 6.54 Å².